The van der Waals surface area contributed by atoms with Crippen LogP contribution in [-0.2, 0) is 4.74 Å². The first-order chi connectivity index (χ1) is 22.6. The minimum absolute atomic E-state index is 0.0422. The van der Waals surface area contributed by atoms with Crippen molar-refractivity contribution in [3.8, 4) is 35.4 Å². The number of benzene rings is 2. The first-order valence-corrected chi connectivity index (χ1v) is 16.0. The fourth-order valence-electron chi connectivity index (χ4n) is 8.46. The molecular weight excluding hydrogens is 614 g/mol. The lowest BCUT2D eigenvalue weighted by Crippen LogP contribution is -2.43. The fraction of sp³-hybridized carbons (Fsp3) is 0.457. The number of rotatable bonds is 5. The molecule has 1 N–H and O–H groups in total. The van der Waals surface area contributed by atoms with Crippen molar-refractivity contribution in [1.29, 1.82) is 0 Å². The van der Waals surface area contributed by atoms with E-state index in [9.17, 15) is 18.3 Å². The predicted molar refractivity (Wildman–Crippen MR) is 166 cm³/mol. The molecule has 8 nitrogen and oxygen atoms in total. The third-order valence-electron chi connectivity index (χ3n) is 10.9. The van der Waals surface area contributed by atoms with Crippen molar-refractivity contribution in [3.05, 3.63) is 47.7 Å². The summed E-state index contributed by atoms with van der Waals surface area (Å²) in [7, 11) is 0. The Bertz CT molecular complexity index is 2040. The first-order valence-electron chi connectivity index (χ1n) is 16.0. The normalized spacial score (nSPS) is 29.1. The maximum atomic E-state index is 16.8. The van der Waals surface area contributed by atoms with Gasteiger partial charge in [-0.25, -0.2) is 17.6 Å². The summed E-state index contributed by atoms with van der Waals surface area (Å²) in [6, 6.07) is 5.38. The largest absolute Gasteiger partial charge is 0.508 e. The van der Waals surface area contributed by atoms with Gasteiger partial charge in [0.15, 0.2) is 5.82 Å². The average molecular weight is 646 g/mol. The van der Waals surface area contributed by atoms with Gasteiger partial charge in [-0.2, -0.15) is 9.97 Å². The number of phenols is 1. The van der Waals surface area contributed by atoms with Crippen molar-refractivity contribution in [2.45, 2.75) is 62.1 Å². The number of anilines is 1. The molecular formula is C35H31F4N5O3. The molecule has 0 bridgehead atoms. The Morgan fingerprint density at radius 2 is 1.98 bits per heavy atom. The number of aromatic hydroxyl groups is 1. The minimum Gasteiger partial charge on any atom is -0.508 e. The molecule has 2 saturated carbocycles. The molecule has 0 radical (unpaired) electrons. The number of terminal acetylenes is 1. The highest BCUT2D eigenvalue weighted by Gasteiger charge is 2.77. The molecule has 1 spiro atoms. The maximum absolute atomic E-state index is 16.8. The van der Waals surface area contributed by atoms with Crippen molar-refractivity contribution in [3.63, 3.8) is 0 Å². The minimum atomic E-state index is -2.67. The van der Waals surface area contributed by atoms with Gasteiger partial charge in [-0.3, -0.25) is 9.88 Å². The number of alkyl halides is 2. The van der Waals surface area contributed by atoms with Gasteiger partial charge in [0, 0.05) is 43.3 Å². The molecule has 2 aliphatic carbocycles. The van der Waals surface area contributed by atoms with Gasteiger partial charge in [-0.05, 0) is 62.2 Å². The van der Waals surface area contributed by atoms with Gasteiger partial charge in [0.05, 0.1) is 34.0 Å². The molecule has 2 aromatic heterocycles. The van der Waals surface area contributed by atoms with Crippen molar-refractivity contribution < 1.29 is 32.1 Å². The summed E-state index contributed by atoms with van der Waals surface area (Å²) in [4.78, 5) is 18.0. The van der Waals surface area contributed by atoms with Gasteiger partial charge in [0.1, 0.15) is 35.2 Å². The summed E-state index contributed by atoms with van der Waals surface area (Å²) in [5, 5.41) is 11.6. The summed E-state index contributed by atoms with van der Waals surface area (Å²) in [5.41, 5.74) is -1.77. The van der Waals surface area contributed by atoms with Crippen LogP contribution in [-0.4, -0.2) is 81.4 Å². The maximum Gasteiger partial charge on any atom is 0.319 e. The van der Waals surface area contributed by atoms with Gasteiger partial charge in [0.25, 0.3) is 5.92 Å². The van der Waals surface area contributed by atoms with E-state index in [4.69, 9.17) is 20.9 Å². The van der Waals surface area contributed by atoms with Crippen LogP contribution in [0.25, 0.3) is 32.9 Å². The second-order valence-electron chi connectivity index (χ2n) is 13.8. The quantitative estimate of drug-likeness (QED) is 0.215. The van der Waals surface area contributed by atoms with E-state index >= 15 is 4.39 Å². The summed E-state index contributed by atoms with van der Waals surface area (Å²) in [5.74, 6) is -1.50. The van der Waals surface area contributed by atoms with Crippen molar-refractivity contribution in [2.75, 3.05) is 37.7 Å². The van der Waals surface area contributed by atoms with Crippen LogP contribution in [0.1, 0.15) is 44.1 Å². The third-order valence-corrected chi connectivity index (χ3v) is 10.9. The fourth-order valence-corrected chi connectivity index (χ4v) is 8.46. The Kier molecular flexibility index (Phi) is 6.10. The standard InChI is InChI=1S/C35H31F4N5O3/c1-2-21-24(36)6-5-19-11-20(45)12-22(27(19)21)29-28(37)30-23(14-40-29)31(44-9-4-10-46-26-13-25(26)44)42-32(41-30)47-18-34-7-3-8-43(34)17-33(15-34)16-35(33,38)39/h1,5-6,11-12,14,25-26,45H,3-4,7-10,13,15-18H2/t25-,26+,33+,34+/m1/s1. The zero-order valence-electron chi connectivity index (χ0n) is 25.4. The van der Waals surface area contributed by atoms with E-state index in [0.29, 0.717) is 42.7 Å². The molecule has 3 saturated heterocycles. The predicted octanol–water partition coefficient (Wildman–Crippen LogP) is 5.82. The van der Waals surface area contributed by atoms with Gasteiger partial charge >= 0.3 is 6.01 Å². The molecule has 0 unspecified atom stereocenters. The third kappa shape index (κ3) is 4.32. The van der Waals surface area contributed by atoms with Crippen LogP contribution >= 0.6 is 0 Å². The summed E-state index contributed by atoms with van der Waals surface area (Å²) in [6.45, 7) is 2.39. The van der Waals surface area contributed by atoms with Crippen molar-refractivity contribution >= 4 is 27.5 Å². The number of pyridine rings is 1. The molecule has 5 heterocycles. The van der Waals surface area contributed by atoms with Gasteiger partial charge in [-0.1, -0.05) is 12.0 Å². The van der Waals surface area contributed by atoms with Crippen LogP contribution in [0.4, 0.5) is 23.4 Å². The zero-order valence-corrected chi connectivity index (χ0v) is 25.4. The monoisotopic (exact) mass is 645 g/mol. The van der Waals surface area contributed by atoms with Gasteiger partial charge < -0.3 is 19.5 Å². The van der Waals surface area contributed by atoms with E-state index in [1.54, 1.807) is 0 Å². The Hall–Kier alpha value is -4.21. The van der Waals surface area contributed by atoms with Crippen molar-refractivity contribution in [1.82, 2.24) is 19.9 Å². The van der Waals surface area contributed by atoms with E-state index in [0.717, 1.165) is 32.2 Å². The van der Waals surface area contributed by atoms with Crippen LogP contribution < -0.4 is 9.64 Å². The summed E-state index contributed by atoms with van der Waals surface area (Å²) < 4.78 is 72.8. The molecule has 0 amide bonds. The van der Waals surface area contributed by atoms with Crippen LogP contribution in [0, 0.1) is 29.4 Å². The van der Waals surface area contributed by atoms with Crippen LogP contribution in [0.3, 0.4) is 0 Å². The average Bonchev–Trinajstić information content (AvgIpc) is 3.83. The highest BCUT2D eigenvalue weighted by molar-refractivity contribution is 6.03. The molecule has 12 heteroatoms. The van der Waals surface area contributed by atoms with E-state index in [1.165, 1.54) is 30.5 Å². The number of hydrogen-bond acceptors (Lipinski definition) is 8. The number of fused-ring (bicyclic) bond motifs is 4. The summed E-state index contributed by atoms with van der Waals surface area (Å²) >= 11 is 0. The number of halogens is 4. The number of nitrogens with zero attached hydrogens (tertiary/aromatic N) is 5. The molecule has 5 fully saturated rings. The van der Waals surface area contributed by atoms with E-state index in [1.807, 2.05) is 0 Å². The highest BCUT2D eigenvalue weighted by atomic mass is 19.3. The lowest BCUT2D eigenvalue weighted by Gasteiger charge is -2.31. The second kappa shape index (κ2) is 9.90. The lowest BCUT2D eigenvalue weighted by molar-refractivity contribution is 0.0647. The molecule has 5 aliphatic rings. The number of aromatic nitrogens is 3. The van der Waals surface area contributed by atoms with Gasteiger partial charge in [0.2, 0.25) is 0 Å². The molecule has 9 rings (SSSR count). The Balaban J connectivity index is 1.17. The SMILES string of the molecule is C#Cc1c(F)ccc2cc(O)cc(-c3ncc4c(N5CCCO[C@H]6C[C@H]65)nc(OC[C@@]56CCCN5C[C@@]5(CC5(F)F)C6)nc4c3F)c12. The molecule has 3 aliphatic heterocycles. The number of ether oxygens (including phenoxy) is 2. The molecule has 4 aromatic rings. The smallest absolute Gasteiger partial charge is 0.319 e. The first kappa shape index (κ1) is 29.0. The van der Waals surface area contributed by atoms with Gasteiger partial charge in [-0.15, -0.1) is 6.42 Å². The van der Waals surface area contributed by atoms with E-state index in [2.05, 4.69) is 25.7 Å². The molecule has 242 valence electrons. The van der Waals surface area contributed by atoms with Crippen LogP contribution in [0.2, 0.25) is 0 Å². The second-order valence-corrected chi connectivity index (χ2v) is 13.8. The topological polar surface area (TPSA) is 83.8 Å². The summed E-state index contributed by atoms with van der Waals surface area (Å²) in [6.07, 6.45) is 10.6. The van der Waals surface area contributed by atoms with E-state index < -0.39 is 28.5 Å². The van der Waals surface area contributed by atoms with Crippen molar-refractivity contribution in [2.24, 2.45) is 5.41 Å². The van der Waals surface area contributed by atoms with E-state index in [-0.39, 0.29) is 64.7 Å². The highest BCUT2D eigenvalue weighted by Crippen LogP contribution is 2.69. The number of hydrogen-bond donors (Lipinski definition) is 1. The number of phenolic OH excluding ortho intramolecular Hbond substituents is 1. The molecule has 2 aromatic carbocycles. The Labute approximate surface area is 267 Å². The van der Waals surface area contributed by atoms with Crippen LogP contribution in [0.15, 0.2) is 30.5 Å². The molecule has 4 atom stereocenters. The van der Waals surface area contributed by atoms with Crippen LogP contribution in [0.5, 0.6) is 11.8 Å². The zero-order chi connectivity index (χ0) is 32.3. The lowest BCUT2D eigenvalue weighted by atomic mass is 9.89. The molecule has 47 heavy (non-hydrogen) atoms. The Morgan fingerprint density at radius 3 is 2.79 bits per heavy atom. The Morgan fingerprint density at radius 1 is 1.13 bits per heavy atom.